The minimum absolute atomic E-state index is 0. The van der Waals surface area contributed by atoms with Crippen LogP contribution < -0.4 is 56.5 Å². The number of hydrogen-bond donors (Lipinski definition) is 0. The first-order valence-corrected chi connectivity index (χ1v) is 3.53. The summed E-state index contributed by atoms with van der Waals surface area (Å²) in [6.07, 6.45) is -0.433. The summed E-state index contributed by atoms with van der Waals surface area (Å²) in [7, 11) is 0. The van der Waals surface area contributed by atoms with E-state index in [0.29, 0.717) is 0 Å². The molecule has 0 aliphatic carbocycles. The van der Waals surface area contributed by atoms with Crippen LogP contribution in [0.5, 0.6) is 0 Å². The van der Waals surface area contributed by atoms with Gasteiger partial charge in [0.05, 0.1) is 4.92 Å². The molecule has 0 atom stereocenters. The van der Waals surface area contributed by atoms with Crippen LogP contribution in [-0.2, 0) is 11.2 Å². The van der Waals surface area contributed by atoms with Crippen molar-refractivity contribution in [3.8, 4) is 0 Å². The molecular weight excluding hydrogens is 213 g/mol. The number of carboxylic acids is 1. The van der Waals surface area contributed by atoms with E-state index in [1.807, 2.05) is 0 Å². The van der Waals surface area contributed by atoms with Crippen molar-refractivity contribution >= 4 is 11.7 Å². The van der Waals surface area contributed by atoms with Gasteiger partial charge in [-0.2, -0.15) is 0 Å². The van der Waals surface area contributed by atoms with E-state index in [2.05, 4.69) is 0 Å². The molecule has 0 aromatic heterocycles. The largest absolute Gasteiger partial charge is 1.00 e. The van der Waals surface area contributed by atoms with Gasteiger partial charge in [-0.3, -0.25) is 10.1 Å². The Kier molecular flexibility index (Phi) is 6.13. The van der Waals surface area contributed by atoms with Crippen LogP contribution in [-0.4, -0.2) is 10.9 Å². The maximum Gasteiger partial charge on any atom is 1.00 e. The molecule has 0 aliphatic rings. The van der Waals surface area contributed by atoms with Gasteiger partial charge in [-0.15, -0.1) is 0 Å². The van der Waals surface area contributed by atoms with Gasteiger partial charge in [0.25, 0.3) is 5.69 Å². The van der Waals surface area contributed by atoms with Gasteiger partial charge in [0, 0.05) is 24.0 Å². The third-order valence-corrected chi connectivity index (χ3v) is 1.52. The Bertz CT molecular complexity index is 353. The van der Waals surface area contributed by atoms with E-state index in [4.69, 9.17) is 0 Å². The predicted octanol–water partition coefficient (Wildman–Crippen LogP) is -3.11. The third kappa shape index (κ3) is 3.85. The molecule has 68 valence electrons. The van der Waals surface area contributed by atoms with Gasteiger partial charge in [0.2, 0.25) is 0 Å². The molecule has 0 N–H and O–H groups in total. The van der Waals surface area contributed by atoms with Crippen molar-refractivity contribution in [2.24, 2.45) is 0 Å². The second-order valence-corrected chi connectivity index (χ2v) is 2.43. The second-order valence-electron chi connectivity index (χ2n) is 2.43. The Morgan fingerprint density at radius 3 is 2.43 bits per heavy atom. The van der Waals surface area contributed by atoms with E-state index in [-0.39, 0.29) is 62.6 Å². The van der Waals surface area contributed by atoms with Gasteiger partial charge in [-0.25, -0.2) is 0 Å². The zero-order valence-corrected chi connectivity index (χ0v) is 10.7. The van der Waals surface area contributed by atoms with Crippen LogP contribution in [0.25, 0.3) is 0 Å². The van der Waals surface area contributed by atoms with Crippen molar-refractivity contribution in [3.63, 3.8) is 0 Å². The normalized spacial score (nSPS) is 8.86. The maximum absolute atomic E-state index is 10.4. The average Bonchev–Trinajstić information content (AvgIpc) is 2.03. The number of benzene rings is 1. The Morgan fingerprint density at radius 2 is 1.93 bits per heavy atom. The minimum Gasteiger partial charge on any atom is -0.550 e. The van der Waals surface area contributed by atoms with Gasteiger partial charge >= 0.3 is 51.4 Å². The monoisotopic (exact) mass is 219 g/mol. The van der Waals surface area contributed by atoms with Gasteiger partial charge in [0.1, 0.15) is 0 Å². The molecule has 6 heteroatoms. The van der Waals surface area contributed by atoms with Crippen LogP contribution in [0.4, 0.5) is 5.69 Å². The fraction of sp³-hybridized carbons (Fsp3) is 0.125. The van der Waals surface area contributed by atoms with Crippen LogP contribution in [0.3, 0.4) is 0 Å². The molecule has 0 saturated heterocycles. The Balaban J connectivity index is 0.00000169. The van der Waals surface area contributed by atoms with Crippen LogP contribution >= 0.6 is 0 Å². The van der Waals surface area contributed by atoms with E-state index < -0.39 is 17.3 Å². The van der Waals surface area contributed by atoms with Crippen molar-refractivity contribution in [2.45, 2.75) is 6.42 Å². The minimum atomic E-state index is -1.32. The van der Waals surface area contributed by atoms with Crippen molar-refractivity contribution in [3.05, 3.63) is 39.9 Å². The van der Waals surface area contributed by atoms with Crippen LogP contribution in [0, 0.1) is 10.1 Å². The molecule has 5 nitrogen and oxygen atoms in total. The number of carbonyl (C=O) groups is 1. The summed E-state index contributed by atoms with van der Waals surface area (Å²) >= 11 is 0. The van der Waals surface area contributed by atoms with Crippen LogP contribution in [0.2, 0.25) is 0 Å². The molecule has 0 radical (unpaired) electrons. The van der Waals surface area contributed by atoms with E-state index >= 15 is 0 Å². The number of rotatable bonds is 3. The summed E-state index contributed by atoms with van der Waals surface area (Å²) in [5.74, 6) is -1.32. The van der Waals surface area contributed by atoms with Crippen molar-refractivity contribution < 1.29 is 66.2 Å². The summed E-state index contributed by atoms with van der Waals surface area (Å²) < 4.78 is 0. The summed E-state index contributed by atoms with van der Waals surface area (Å²) in [4.78, 5) is 20.0. The summed E-state index contributed by atoms with van der Waals surface area (Å²) in [6, 6.07) is 5.69. The smallest absolute Gasteiger partial charge is 0.550 e. The molecule has 0 amide bonds. The van der Waals surface area contributed by atoms with E-state index in [1.54, 1.807) is 6.07 Å². The SMILES string of the molecule is O=C([O-])Cc1ccccc1[N+](=O)[O-].[K+]. The number of aliphatic carboxylic acids is 1. The van der Waals surface area contributed by atoms with Crippen molar-refractivity contribution in [1.29, 1.82) is 0 Å². The number of carbonyl (C=O) groups excluding carboxylic acids is 1. The Morgan fingerprint density at radius 1 is 1.36 bits per heavy atom. The molecule has 0 aliphatic heterocycles. The zero-order valence-electron chi connectivity index (χ0n) is 7.60. The molecule has 14 heavy (non-hydrogen) atoms. The van der Waals surface area contributed by atoms with Crippen LogP contribution in [0.15, 0.2) is 24.3 Å². The molecule has 1 rings (SSSR count). The molecule has 0 fully saturated rings. The number of carboxylic acid groups (broad SMARTS) is 1. The third-order valence-electron chi connectivity index (χ3n) is 1.52. The number of nitro groups is 1. The predicted molar refractivity (Wildman–Crippen MR) is 41.8 cm³/mol. The number of nitrogens with zero attached hydrogens (tertiary/aromatic N) is 1. The number of nitro benzene ring substituents is 1. The first-order valence-electron chi connectivity index (χ1n) is 3.53. The number of hydrogen-bond acceptors (Lipinski definition) is 4. The number of para-hydroxylation sites is 1. The summed E-state index contributed by atoms with van der Waals surface area (Å²) in [5, 5.41) is 20.6. The second kappa shape index (κ2) is 6.26. The molecule has 0 unspecified atom stereocenters. The van der Waals surface area contributed by atoms with Crippen molar-refractivity contribution in [1.82, 2.24) is 0 Å². The van der Waals surface area contributed by atoms with E-state index in [1.165, 1.54) is 18.2 Å². The zero-order chi connectivity index (χ0) is 9.84. The van der Waals surface area contributed by atoms with Gasteiger partial charge in [0.15, 0.2) is 0 Å². The molecule has 0 heterocycles. The van der Waals surface area contributed by atoms with Gasteiger partial charge in [-0.1, -0.05) is 18.2 Å². The molecular formula is C8H6KNO4. The quantitative estimate of drug-likeness (QED) is 0.306. The van der Waals surface area contributed by atoms with E-state index in [0.717, 1.165) is 0 Å². The summed E-state index contributed by atoms with van der Waals surface area (Å²) in [5.41, 5.74) is -0.0285. The van der Waals surface area contributed by atoms with Gasteiger partial charge < -0.3 is 9.90 Å². The molecule has 0 spiro atoms. The van der Waals surface area contributed by atoms with Crippen LogP contribution in [0.1, 0.15) is 5.56 Å². The maximum atomic E-state index is 10.4. The first-order chi connectivity index (χ1) is 6.11. The first kappa shape index (κ1) is 13.7. The van der Waals surface area contributed by atoms with E-state index in [9.17, 15) is 20.0 Å². The van der Waals surface area contributed by atoms with Crippen molar-refractivity contribution in [2.75, 3.05) is 0 Å². The average molecular weight is 219 g/mol. The molecule has 1 aromatic rings. The topological polar surface area (TPSA) is 83.3 Å². The molecule has 0 bridgehead atoms. The van der Waals surface area contributed by atoms with Gasteiger partial charge in [-0.05, 0) is 0 Å². The fourth-order valence-electron chi connectivity index (χ4n) is 0.994. The Hall–Kier alpha value is -0.274. The Labute approximate surface area is 123 Å². The fourth-order valence-corrected chi connectivity index (χ4v) is 0.994. The molecule has 1 aromatic carbocycles. The standard InChI is InChI=1S/C8H7NO4.K/c10-8(11)5-6-3-1-2-4-7(6)9(12)13;/h1-4H,5H2,(H,10,11);/q;+1/p-1. The summed E-state index contributed by atoms with van der Waals surface area (Å²) in [6.45, 7) is 0. The molecule has 0 saturated carbocycles.